The van der Waals surface area contributed by atoms with Crippen molar-refractivity contribution in [2.75, 3.05) is 0 Å². The van der Waals surface area contributed by atoms with Gasteiger partial charge in [0.25, 0.3) is 11.8 Å². The van der Waals surface area contributed by atoms with Crippen LogP contribution in [0.4, 0.5) is 4.39 Å². The van der Waals surface area contributed by atoms with Crippen LogP contribution in [0.25, 0.3) is 0 Å². The first-order valence-electron chi connectivity index (χ1n) is 9.46. The summed E-state index contributed by atoms with van der Waals surface area (Å²) in [6.07, 6.45) is 1.03. The SMILES string of the molecule is [2H]C([2H])(NC(=O)c1cc(C(=O)NCc2ccc(F)cc2)ncn1)c1ccc(C#N)cc1. The minimum absolute atomic E-state index is 0.0822. The van der Waals surface area contributed by atoms with Gasteiger partial charge in [-0.15, -0.1) is 0 Å². The van der Waals surface area contributed by atoms with Crippen LogP contribution >= 0.6 is 0 Å². The van der Waals surface area contributed by atoms with Crippen LogP contribution < -0.4 is 10.6 Å². The molecule has 8 heteroatoms. The van der Waals surface area contributed by atoms with E-state index in [4.69, 9.17) is 8.00 Å². The summed E-state index contributed by atoms with van der Waals surface area (Å²) in [5, 5.41) is 13.6. The second kappa shape index (κ2) is 9.19. The van der Waals surface area contributed by atoms with Gasteiger partial charge in [-0.3, -0.25) is 9.59 Å². The van der Waals surface area contributed by atoms with E-state index in [1.54, 1.807) is 0 Å². The molecule has 0 radical (unpaired) electrons. The van der Waals surface area contributed by atoms with Crippen LogP contribution in [0.2, 0.25) is 0 Å². The van der Waals surface area contributed by atoms with Crippen LogP contribution in [-0.2, 0) is 13.0 Å². The van der Waals surface area contributed by atoms with Crippen molar-refractivity contribution in [2.24, 2.45) is 0 Å². The monoisotopic (exact) mass is 391 g/mol. The summed E-state index contributed by atoms with van der Waals surface area (Å²) in [7, 11) is 0. The molecular formula is C21H16FN5O2. The molecule has 2 amide bonds. The molecule has 0 saturated carbocycles. The van der Waals surface area contributed by atoms with Crippen molar-refractivity contribution in [3.05, 3.63) is 94.8 Å². The van der Waals surface area contributed by atoms with Crippen molar-refractivity contribution in [1.29, 1.82) is 5.26 Å². The highest BCUT2D eigenvalue weighted by Gasteiger charge is 2.13. The Hall–Kier alpha value is -4.12. The summed E-state index contributed by atoms with van der Waals surface area (Å²) in [6, 6.07) is 14.3. The predicted molar refractivity (Wildman–Crippen MR) is 102 cm³/mol. The van der Waals surface area contributed by atoms with Crippen LogP contribution in [0, 0.1) is 17.1 Å². The fourth-order valence-electron chi connectivity index (χ4n) is 2.30. The summed E-state index contributed by atoms with van der Waals surface area (Å²) in [4.78, 5) is 32.4. The zero-order valence-electron chi connectivity index (χ0n) is 17.0. The van der Waals surface area contributed by atoms with Gasteiger partial charge < -0.3 is 10.6 Å². The number of hydrogen-bond acceptors (Lipinski definition) is 5. The largest absolute Gasteiger partial charge is 0.347 e. The molecule has 2 aromatic carbocycles. The van der Waals surface area contributed by atoms with Gasteiger partial charge in [0.1, 0.15) is 23.5 Å². The Balaban J connectivity index is 1.68. The van der Waals surface area contributed by atoms with Crippen LogP contribution in [0.3, 0.4) is 0 Å². The average molecular weight is 391 g/mol. The molecule has 7 nitrogen and oxygen atoms in total. The predicted octanol–water partition coefficient (Wildman–Crippen LogP) is 2.35. The van der Waals surface area contributed by atoms with Gasteiger partial charge >= 0.3 is 0 Å². The highest BCUT2D eigenvalue weighted by Crippen LogP contribution is 2.05. The quantitative estimate of drug-likeness (QED) is 0.671. The molecule has 0 unspecified atom stereocenters. The van der Waals surface area contributed by atoms with Crippen LogP contribution in [0.15, 0.2) is 60.9 Å². The first-order chi connectivity index (χ1) is 14.8. The Kier molecular flexibility index (Phi) is 5.39. The number of nitriles is 1. The molecule has 29 heavy (non-hydrogen) atoms. The lowest BCUT2D eigenvalue weighted by atomic mass is 10.1. The molecule has 0 aliphatic rings. The topological polar surface area (TPSA) is 108 Å². The third-order valence-corrected chi connectivity index (χ3v) is 3.83. The molecule has 1 aromatic heterocycles. The second-order valence-electron chi connectivity index (χ2n) is 5.87. The lowest BCUT2D eigenvalue weighted by Crippen LogP contribution is -2.27. The third-order valence-electron chi connectivity index (χ3n) is 3.83. The second-order valence-corrected chi connectivity index (χ2v) is 5.87. The molecule has 0 fully saturated rings. The Labute approximate surface area is 169 Å². The normalized spacial score (nSPS) is 11.6. The molecule has 3 rings (SSSR count). The van der Waals surface area contributed by atoms with E-state index >= 15 is 0 Å². The van der Waals surface area contributed by atoms with E-state index in [-0.39, 0.29) is 29.3 Å². The summed E-state index contributed by atoms with van der Waals surface area (Å²) < 4.78 is 29.1. The van der Waals surface area contributed by atoms with Gasteiger partial charge in [0.05, 0.1) is 14.4 Å². The van der Waals surface area contributed by atoms with Gasteiger partial charge in [-0.25, -0.2) is 14.4 Å². The van der Waals surface area contributed by atoms with Crippen molar-refractivity contribution >= 4 is 11.8 Å². The summed E-state index contributed by atoms with van der Waals surface area (Å²) in [6.45, 7) is -2.10. The van der Waals surface area contributed by atoms with E-state index < -0.39 is 18.3 Å². The maximum Gasteiger partial charge on any atom is 0.270 e. The number of hydrogen-bond donors (Lipinski definition) is 2. The Morgan fingerprint density at radius 1 is 0.966 bits per heavy atom. The first kappa shape index (κ1) is 17.0. The molecule has 3 aromatic rings. The number of carbonyl (C=O) groups excluding carboxylic acids is 2. The number of nitrogens with zero attached hydrogens (tertiary/aromatic N) is 3. The van der Waals surface area contributed by atoms with Gasteiger partial charge in [-0.2, -0.15) is 5.26 Å². The highest BCUT2D eigenvalue weighted by atomic mass is 19.1. The molecule has 1 heterocycles. The highest BCUT2D eigenvalue weighted by molar-refractivity contribution is 5.97. The number of amides is 2. The Bertz CT molecular complexity index is 1150. The van der Waals surface area contributed by atoms with E-state index in [0.29, 0.717) is 11.1 Å². The standard InChI is InChI=1S/C21H16FN5O2/c22-17-7-5-16(6-8-17)12-25-21(29)19-9-18(26-13-27-19)20(28)24-11-15-3-1-14(10-23)2-4-15/h1-9,13H,11-12H2,(H,24,28)(H,25,29)/i11D2. The Morgan fingerprint density at radius 3 is 2.17 bits per heavy atom. The maximum absolute atomic E-state index is 12.9. The van der Waals surface area contributed by atoms with Crippen molar-refractivity contribution < 1.29 is 16.7 Å². The minimum Gasteiger partial charge on any atom is -0.347 e. The molecule has 0 aliphatic heterocycles. The average Bonchev–Trinajstić information content (AvgIpc) is 2.78. The van der Waals surface area contributed by atoms with E-state index in [2.05, 4.69) is 20.6 Å². The maximum atomic E-state index is 12.9. The van der Waals surface area contributed by atoms with E-state index in [1.807, 2.05) is 6.07 Å². The van der Waals surface area contributed by atoms with Gasteiger partial charge in [0, 0.05) is 19.1 Å². The van der Waals surface area contributed by atoms with Gasteiger partial charge in [0.15, 0.2) is 0 Å². The number of carbonyl (C=O) groups is 2. The Morgan fingerprint density at radius 2 is 1.55 bits per heavy atom. The minimum atomic E-state index is -2.24. The van der Waals surface area contributed by atoms with E-state index in [9.17, 15) is 14.0 Å². The van der Waals surface area contributed by atoms with Crippen LogP contribution in [0.5, 0.6) is 0 Å². The third kappa shape index (κ3) is 5.43. The molecule has 0 bridgehead atoms. The van der Waals surface area contributed by atoms with Gasteiger partial charge in [0.2, 0.25) is 0 Å². The van der Waals surface area contributed by atoms with Crippen LogP contribution in [0.1, 0.15) is 40.4 Å². The fourth-order valence-corrected chi connectivity index (χ4v) is 2.30. The molecule has 0 spiro atoms. The van der Waals surface area contributed by atoms with Crippen molar-refractivity contribution in [3.8, 4) is 6.07 Å². The van der Waals surface area contributed by atoms with Crippen LogP contribution in [-0.4, -0.2) is 21.8 Å². The number of halogens is 1. The molecule has 0 aliphatic carbocycles. The zero-order chi connectivity index (χ0) is 22.4. The van der Waals surface area contributed by atoms with Crippen molar-refractivity contribution in [3.63, 3.8) is 0 Å². The lowest BCUT2D eigenvalue weighted by Gasteiger charge is -2.07. The summed E-state index contributed by atoms with van der Waals surface area (Å²) in [5.74, 6) is -1.80. The van der Waals surface area contributed by atoms with E-state index in [1.165, 1.54) is 48.5 Å². The van der Waals surface area contributed by atoms with E-state index in [0.717, 1.165) is 12.4 Å². The number of nitrogens with one attached hydrogen (secondary N) is 2. The van der Waals surface area contributed by atoms with Crippen molar-refractivity contribution in [1.82, 2.24) is 20.6 Å². The number of rotatable bonds is 6. The lowest BCUT2D eigenvalue weighted by molar-refractivity contribution is 0.0944. The molecule has 0 saturated heterocycles. The van der Waals surface area contributed by atoms with Gasteiger partial charge in [-0.05, 0) is 35.4 Å². The first-order valence-corrected chi connectivity index (χ1v) is 8.46. The molecular weight excluding hydrogens is 373 g/mol. The molecule has 0 atom stereocenters. The number of aromatic nitrogens is 2. The summed E-state index contributed by atoms with van der Waals surface area (Å²) in [5.41, 5.74) is 0.905. The van der Waals surface area contributed by atoms with Gasteiger partial charge in [-0.1, -0.05) is 24.3 Å². The number of benzene rings is 2. The van der Waals surface area contributed by atoms with Crippen molar-refractivity contribution in [2.45, 2.75) is 13.0 Å². The zero-order valence-corrected chi connectivity index (χ0v) is 15.0. The fraction of sp³-hybridized carbons (Fsp3) is 0.0952. The molecule has 2 N–H and O–H groups in total. The molecule has 144 valence electrons. The summed E-state index contributed by atoms with van der Waals surface area (Å²) >= 11 is 0. The smallest absolute Gasteiger partial charge is 0.270 e.